The van der Waals surface area contributed by atoms with Gasteiger partial charge in [-0.15, -0.1) is 0 Å². The smallest absolute Gasteiger partial charge is 0.269 e. The lowest BCUT2D eigenvalue weighted by molar-refractivity contribution is -0.384. The van der Waals surface area contributed by atoms with E-state index >= 15 is 0 Å². The number of rotatable bonds is 8. The molecule has 0 saturated heterocycles. The first-order chi connectivity index (χ1) is 9.31. The van der Waals surface area contributed by atoms with Gasteiger partial charge in [-0.2, -0.15) is 0 Å². The van der Waals surface area contributed by atoms with E-state index in [1.807, 2.05) is 6.92 Å². The van der Waals surface area contributed by atoms with E-state index in [0.717, 1.165) is 6.42 Å². The Labute approximate surface area is 117 Å². The Morgan fingerprint density at radius 2 is 1.95 bits per heavy atom. The van der Waals surface area contributed by atoms with E-state index in [2.05, 4.69) is 0 Å². The van der Waals surface area contributed by atoms with Crippen molar-refractivity contribution < 1.29 is 18.1 Å². The van der Waals surface area contributed by atoms with Crippen LogP contribution in [0.2, 0.25) is 0 Å². The standard InChI is InChI=1S/C12H18N2O5S/c1-2-3-10(9-20(13,17)18)8-19-12-6-4-11(5-7-12)14(15)16/h4-7,10H,2-3,8-9H2,1H3,(H2,13,17,18). The number of nitro benzene ring substituents is 1. The van der Waals surface area contributed by atoms with Gasteiger partial charge in [0.15, 0.2) is 0 Å². The van der Waals surface area contributed by atoms with Gasteiger partial charge in [0.1, 0.15) is 5.75 Å². The molecule has 2 N–H and O–H groups in total. The van der Waals surface area contributed by atoms with Crippen LogP contribution in [0, 0.1) is 16.0 Å². The molecule has 0 bridgehead atoms. The molecule has 1 unspecified atom stereocenters. The Balaban J connectivity index is 2.60. The lowest BCUT2D eigenvalue weighted by Crippen LogP contribution is -2.26. The van der Waals surface area contributed by atoms with Gasteiger partial charge < -0.3 is 4.74 Å². The van der Waals surface area contributed by atoms with Crippen LogP contribution in [0.4, 0.5) is 5.69 Å². The van der Waals surface area contributed by atoms with E-state index in [4.69, 9.17) is 9.88 Å². The summed E-state index contributed by atoms with van der Waals surface area (Å²) in [7, 11) is -3.54. The molecule has 0 spiro atoms. The van der Waals surface area contributed by atoms with Crippen LogP contribution in [0.3, 0.4) is 0 Å². The molecule has 8 heteroatoms. The van der Waals surface area contributed by atoms with Crippen molar-refractivity contribution in [1.29, 1.82) is 0 Å². The molecule has 1 rings (SSSR count). The summed E-state index contributed by atoms with van der Waals surface area (Å²) in [4.78, 5) is 10.0. The van der Waals surface area contributed by atoms with E-state index in [0.29, 0.717) is 12.2 Å². The molecular weight excluding hydrogens is 284 g/mol. The number of non-ortho nitro benzene ring substituents is 1. The minimum absolute atomic E-state index is 0.0213. The topological polar surface area (TPSA) is 113 Å². The van der Waals surface area contributed by atoms with Crippen LogP contribution in [-0.4, -0.2) is 25.7 Å². The van der Waals surface area contributed by atoms with Crippen LogP contribution < -0.4 is 9.88 Å². The van der Waals surface area contributed by atoms with E-state index < -0.39 is 14.9 Å². The number of benzene rings is 1. The highest BCUT2D eigenvalue weighted by Crippen LogP contribution is 2.19. The van der Waals surface area contributed by atoms with Crippen molar-refractivity contribution in [3.05, 3.63) is 34.4 Å². The fourth-order valence-electron chi connectivity index (χ4n) is 1.83. The van der Waals surface area contributed by atoms with Crippen molar-refractivity contribution in [1.82, 2.24) is 0 Å². The largest absolute Gasteiger partial charge is 0.493 e. The fraction of sp³-hybridized carbons (Fsp3) is 0.500. The van der Waals surface area contributed by atoms with Crippen LogP contribution in [0.15, 0.2) is 24.3 Å². The number of sulfonamides is 1. The fourth-order valence-corrected chi connectivity index (χ4v) is 2.75. The van der Waals surface area contributed by atoms with Crippen molar-refractivity contribution in [2.75, 3.05) is 12.4 Å². The van der Waals surface area contributed by atoms with Gasteiger partial charge in [0, 0.05) is 18.1 Å². The van der Waals surface area contributed by atoms with Crippen LogP contribution in [0.25, 0.3) is 0 Å². The van der Waals surface area contributed by atoms with Crippen molar-refractivity contribution in [2.45, 2.75) is 19.8 Å². The summed E-state index contributed by atoms with van der Waals surface area (Å²) in [5, 5.41) is 15.5. The number of hydrogen-bond donors (Lipinski definition) is 1. The van der Waals surface area contributed by atoms with Gasteiger partial charge in [-0.1, -0.05) is 13.3 Å². The highest BCUT2D eigenvalue weighted by Gasteiger charge is 2.16. The highest BCUT2D eigenvalue weighted by atomic mass is 32.2. The number of nitro groups is 1. The maximum absolute atomic E-state index is 11.1. The first-order valence-electron chi connectivity index (χ1n) is 6.19. The lowest BCUT2D eigenvalue weighted by Gasteiger charge is -2.15. The van der Waals surface area contributed by atoms with Crippen LogP contribution >= 0.6 is 0 Å². The second kappa shape index (κ2) is 7.20. The van der Waals surface area contributed by atoms with Crippen LogP contribution in [0.1, 0.15) is 19.8 Å². The van der Waals surface area contributed by atoms with Gasteiger partial charge in [0.05, 0.1) is 17.3 Å². The molecule has 0 aromatic heterocycles. The average Bonchev–Trinajstić information content (AvgIpc) is 2.35. The molecule has 0 aliphatic heterocycles. The molecule has 0 fully saturated rings. The Morgan fingerprint density at radius 3 is 2.40 bits per heavy atom. The molecule has 0 aliphatic carbocycles. The molecular formula is C12H18N2O5S. The average molecular weight is 302 g/mol. The van der Waals surface area contributed by atoms with Gasteiger partial charge in [-0.25, -0.2) is 13.6 Å². The third-order valence-electron chi connectivity index (χ3n) is 2.70. The maximum Gasteiger partial charge on any atom is 0.269 e. The van der Waals surface area contributed by atoms with E-state index in [-0.39, 0.29) is 24.0 Å². The Kier molecular flexibility index (Phi) is 5.90. The zero-order valence-corrected chi connectivity index (χ0v) is 12.0. The minimum Gasteiger partial charge on any atom is -0.493 e. The normalized spacial score (nSPS) is 12.9. The van der Waals surface area contributed by atoms with Gasteiger partial charge in [-0.05, 0) is 18.6 Å². The van der Waals surface area contributed by atoms with Crippen molar-refractivity contribution >= 4 is 15.7 Å². The predicted octanol–water partition coefficient (Wildman–Crippen LogP) is 1.68. The van der Waals surface area contributed by atoms with Crippen molar-refractivity contribution in [3.63, 3.8) is 0 Å². The summed E-state index contributed by atoms with van der Waals surface area (Å²) in [6.07, 6.45) is 1.51. The minimum atomic E-state index is -3.54. The second-order valence-corrected chi connectivity index (χ2v) is 6.21. The Hall–Kier alpha value is -1.67. The number of nitrogens with two attached hydrogens (primary N) is 1. The summed E-state index contributed by atoms with van der Waals surface area (Å²) in [5.41, 5.74) is -0.0213. The molecule has 20 heavy (non-hydrogen) atoms. The lowest BCUT2D eigenvalue weighted by atomic mass is 10.1. The predicted molar refractivity (Wildman–Crippen MR) is 75.0 cm³/mol. The molecule has 0 radical (unpaired) electrons. The van der Waals surface area contributed by atoms with Gasteiger partial charge >= 0.3 is 0 Å². The number of primary sulfonamides is 1. The molecule has 1 aromatic carbocycles. The third-order valence-corrected chi connectivity index (χ3v) is 3.63. The Morgan fingerprint density at radius 1 is 1.35 bits per heavy atom. The molecule has 1 aromatic rings. The molecule has 0 amide bonds. The molecule has 0 heterocycles. The summed E-state index contributed by atoms with van der Waals surface area (Å²) in [6.45, 7) is 2.16. The van der Waals surface area contributed by atoms with Gasteiger partial charge in [0.2, 0.25) is 10.0 Å². The number of ether oxygens (including phenoxy) is 1. The second-order valence-electron chi connectivity index (χ2n) is 4.55. The summed E-state index contributed by atoms with van der Waals surface area (Å²) < 4.78 is 27.6. The van der Waals surface area contributed by atoms with E-state index in [9.17, 15) is 18.5 Å². The third kappa shape index (κ3) is 5.98. The van der Waals surface area contributed by atoms with E-state index in [1.165, 1.54) is 24.3 Å². The highest BCUT2D eigenvalue weighted by molar-refractivity contribution is 7.89. The monoisotopic (exact) mass is 302 g/mol. The first-order valence-corrected chi connectivity index (χ1v) is 7.91. The molecule has 0 aliphatic rings. The van der Waals surface area contributed by atoms with E-state index in [1.54, 1.807) is 0 Å². The first kappa shape index (κ1) is 16.4. The number of hydrogen-bond acceptors (Lipinski definition) is 5. The summed E-state index contributed by atoms with van der Waals surface area (Å²) in [5.74, 6) is 0.143. The van der Waals surface area contributed by atoms with Crippen LogP contribution in [-0.2, 0) is 10.0 Å². The molecule has 1 atom stereocenters. The Bertz CT molecular complexity index is 541. The quantitative estimate of drug-likeness (QED) is 0.580. The van der Waals surface area contributed by atoms with Crippen molar-refractivity contribution in [2.24, 2.45) is 11.1 Å². The van der Waals surface area contributed by atoms with Crippen molar-refractivity contribution in [3.8, 4) is 5.75 Å². The summed E-state index contributed by atoms with van der Waals surface area (Å²) >= 11 is 0. The van der Waals surface area contributed by atoms with Gasteiger partial charge in [0.25, 0.3) is 5.69 Å². The molecule has 112 valence electrons. The SMILES string of the molecule is CCCC(COc1ccc([N+](=O)[O-])cc1)CS(N)(=O)=O. The zero-order chi connectivity index (χ0) is 15.2. The zero-order valence-electron chi connectivity index (χ0n) is 11.2. The maximum atomic E-state index is 11.1. The molecule has 7 nitrogen and oxygen atoms in total. The summed E-state index contributed by atoms with van der Waals surface area (Å²) in [6, 6.07) is 5.64. The van der Waals surface area contributed by atoms with Gasteiger partial charge in [-0.3, -0.25) is 10.1 Å². The molecule has 0 saturated carbocycles. The number of nitrogens with zero attached hydrogens (tertiary/aromatic N) is 1. The van der Waals surface area contributed by atoms with Crippen LogP contribution in [0.5, 0.6) is 5.75 Å².